The summed E-state index contributed by atoms with van der Waals surface area (Å²) in [5, 5.41) is 16.7. The van der Waals surface area contributed by atoms with E-state index in [0.717, 1.165) is 0 Å². The Morgan fingerprint density at radius 3 is 1.96 bits per heavy atom. The fourth-order valence-electron chi connectivity index (χ4n) is 2.39. The molecule has 8 N–H and O–H groups in total. The Bertz CT molecular complexity index is 512. The van der Waals surface area contributed by atoms with Crippen molar-refractivity contribution in [1.29, 1.82) is 0 Å². The summed E-state index contributed by atoms with van der Waals surface area (Å²) in [4.78, 5) is 47.5. The second kappa shape index (κ2) is 13.0. The zero-order chi connectivity index (χ0) is 21.0. The Hall–Kier alpha value is -2.20. The number of hydrogen-bond donors (Lipinski definition) is 6. The molecule has 27 heavy (non-hydrogen) atoms. The number of hydrogen-bond acceptors (Lipinski definition) is 6. The first-order valence-electron chi connectivity index (χ1n) is 9.15. The third-order valence-corrected chi connectivity index (χ3v) is 3.86. The molecular weight excluding hydrogens is 354 g/mol. The minimum Gasteiger partial charge on any atom is -0.480 e. The smallest absolute Gasteiger partial charge is 0.326 e. The van der Waals surface area contributed by atoms with Crippen molar-refractivity contribution in [2.45, 2.75) is 64.6 Å². The molecule has 0 rings (SSSR count). The van der Waals surface area contributed by atoms with Gasteiger partial charge in [0.1, 0.15) is 18.1 Å². The van der Waals surface area contributed by atoms with E-state index in [2.05, 4.69) is 16.0 Å². The van der Waals surface area contributed by atoms with Gasteiger partial charge in [-0.05, 0) is 45.1 Å². The van der Waals surface area contributed by atoms with Gasteiger partial charge in [0.15, 0.2) is 0 Å². The van der Waals surface area contributed by atoms with Gasteiger partial charge in [-0.1, -0.05) is 13.8 Å². The zero-order valence-electron chi connectivity index (χ0n) is 16.3. The van der Waals surface area contributed by atoms with Gasteiger partial charge < -0.3 is 32.5 Å². The largest absolute Gasteiger partial charge is 0.480 e. The summed E-state index contributed by atoms with van der Waals surface area (Å²) in [7, 11) is 0. The number of nitrogens with one attached hydrogen (secondary N) is 3. The van der Waals surface area contributed by atoms with E-state index in [1.165, 1.54) is 6.92 Å². The van der Waals surface area contributed by atoms with Gasteiger partial charge in [-0.3, -0.25) is 14.4 Å². The van der Waals surface area contributed by atoms with Crippen LogP contribution >= 0.6 is 0 Å². The van der Waals surface area contributed by atoms with Crippen molar-refractivity contribution in [2.75, 3.05) is 13.1 Å². The molecule has 0 saturated carbocycles. The molecule has 0 saturated heterocycles. The van der Waals surface area contributed by atoms with Crippen LogP contribution in [-0.4, -0.2) is 60.0 Å². The third-order valence-electron chi connectivity index (χ3n) is 3.86. The number of carboxylic acids is 1. The summed E-state index contributed by atoms with van der Waals surface area (Å²) in [6, 6.07) is -2.83. The van der Waals surface area contributed by atoms with Gasteiger partial charge in [-0.2, -0.15) is 0 Å². The lowest BCUT2D eigenvalue weighted by Gasteiger charge is -2.24. The average Bonchev–Trinajstić information content (AvgIpc) is 2.59. The zero-order valence-corrected chi connectivity index (χ0v) is 16.3. The summed E-state index contributed by atoms with van der Waals surface area (Å²) >= 11 is 0. The second-order valence-electron chi connectivity index (χ2n) is 6.87. The molecule has 0 aromatic rings. The van der Waals surface area contributed by atoms with Gasteiger partial charge in [-0.15, -0.1) is 0 Å². The predicted octanol–water partition coefficient (Wildman–Crippen LogP) is -1.32. The molecule has 3 amide bonds. The van der Waals surface area contributed by atoms with Crippen LogP contribution in [0.3, 0.4) is 0 Å². The number of nitrogens with two attached hydrogens (primary N) is 2. The van der Waals surface area contributed by atoms with Crippen molar-refractivity contribution in [3.8, 4) is 0 Å². The highest BCUT2D eigenvalue weighted by Gasteiger charge is 2.28. The Morgan fingerprint density at radius 1 is 0.889 bits per heavy atom. The lowest BCUT2D eigenvalue weighted by molar-refractivity contribution is -0.142. The number of unbranched alkanes of at least 4 members (excludes halogenated alkanes) is 1. The molecule has 0 fully saturated rings. The van der Waals surface area contributed by atoms with Crippen molar-refractivity contribution in [3.05, 3.63) is 0 Å². The molecule has 0 radical (unpaired) electrons. The Morgan fingerprint density at radius 2 is 1.48 bits per heavy atom. The highest BCUT2D eigenvalue weighted by Crippen LogP contribution is 2.08. The Labute approximate surface area is 159 Å². The minimum absolute atomic E-state index is 0.0792. The van der Waals surface area contributed by atoms with E-state index in [4.69, 9.17) is 11.5 Å². The van der Waals surface area contributed by atoms with Crippen LogP contribution in [0.4, 0.5) is 0 Å². The highest BCUT2D eigenvalue weighted by atomic mass is 16.4. The third kappa shape index (κ3) is 10.5. The van der Waals surface area contributed by atoms with Crippen LogP contribution in [0.2, 0.25) is 0 Å². The first-order valence-corrected chi connectivity index (χ1v) is 9.15. The molecular formula is C17H33N5O5. The first-order chi connectivity index (χ1) is 12.6. The summed E-state index contributed by atoms with van der Waals surface area (Å²) in [6.45, 7) is 5.42. The fraction of sp³-hybridized carbons (Fsp3) is 0.765. The maximum absolute atomic E-state index is 12.5. The first kappa shape index (κ1) is 24.8. The van der Waals surface area contributed by atoms with Crippen LogP contribution < -0.4 is 27.4 Å². The normalized spacial score (nSPS) is 14.1. The number of aliphatic carboxylic acids is 1. The average molecular weight is 387 g/mol. The van der Waals surface area contributed by atoms with E-state index in [-0.39, 0.29) is 18.9 Å². The fourth-order valence-corrected chi connectivity index (χ4v) is 2.39. The van der Waals surface area contributed by atoms with Crippen molar-refractivity contribution in [1.82, 2.24) is 16.0 Å². The Balaban J connectivity index is 4.98. The van der Waals surface area contributed by atoms with Crippen molar-refractivity contribution < 1.29 is 24.3 Å². The molecule has 0 aliphatic rings. The van der Waals surface area contributed by atoms with E-state index < -0.39 is 41.8 Å². The molecule has 0 aliphatic carbocycles. The van der Waals surface area contributed by atoms with Gasteiger partial charge in [0.2, 0.25) is 17.7 Å². The van der Waals surface area contributed by atoms with Gasteiger partial charge >= 0.3 is 5.97 Å². The summed E-state index contributed by atoms with van der Waals surface area (Å²) in [5.41, 5.74) is 10.6. The van der Waals surface area contributed by atoms with Gasteiger partial charge in [0.25, 0.3) is 0 Å². The van der Waals surface area contributed by atoms with E-state index in [9.17, 15) is 24.3 Å². The Kier molecular flexibility index (Phi) is 12.0. The molecule has 3 atom stereocenters. The number of carboxylic acid groups (broad SMARTS) is 1. The van der Waals surface area contributed by atoms with Crippen LogP contribution in [0.1, 0.15) is 46.5 Å². The number of carbonyl (C=O) groups excluding carboxylic acids is 3. The van der Waals surface area contributed by atoms with Crippen molar-refractivity contribution in [3.63, 3.8) is 0 Å². The summed E-state index contributed by atoms with van der Waals surface area (Å²) in [5.74, 6) is -2.68. The van der Waals surface area contributed by atoms with Crippen molar-refractivity contribution in [2.24, 2.45) is 17.4 Å². The van der Waals surface area contributed by atoms with Crippen LogP contribution in [-0.2, 0) is 19.2 Å². The molecule has 10 heteroatoms. The van der Waals surface area contributed by atoms with Gasteiger partial charge in [0.05, 0.1) is 6.54 Å². The summed E-state index contributed by atoms with van der Waals surface area (Å²) < 4.78 is 0. The topological polar surface area (TPSA) is 177 Å². The van der Waals surface area contributed by atoms with Crippen LogP contribution in [0.5, 0.6) is 0 Å². The molecule has 0 aromatic carbocycles. The molecule has 10 nitrogen and oxygen atoms in total. The van der Waals surface area contributed by atoms with E-state index in [1.807, 2.05) is 13.8 Å². The van der Waals surface area contributed by atoms with E-state index in [1.54, 1.807) is 0 Å². The number of rotatable bonds is 13. The lowest BCUT2D eigenvalue weighted by Crippen LogP contribution is -2.55. The maximum Gasteiger partial charge on any atom is 0.326 e. The van der Waals surface area contributed by atoms with Crippen LogP contribution in [0.25, 0.3) is 0 Å². The molecule has 0 aliphatic heterocycles. The van der Waals surface area contributed by atoms with Crippen LogP contribution in [0.15, 0.2) is 0 Å². The second-order valence-corrected chi connectivity index (χ2v) is 6.87. The molecule has 156 valence electrons. The lowest BCUT2D eigenvalue weighted by atomic mass is 10.0. The molecule has 0 bridgehead atoms. The van der Waals surface area contributed by atoms with Gasteiger partial charge in [-0.25, -0.2) is 4.79 Å². The highest BCUT2D eigenvalue weighted by molar-refractivity contribution is 5.93. The van der Waals surface area contributed by atoms with Crippen LogP contribution in [0, 0.1) is 5.92 Å². The quantitative estimate of drug-likeness (QED) is 0.212. The number of carbonyl (C=O) groups is 4. The molecule has 3 unspecified atom stereocenters. The predicted molar refractivity (Wildman–Crippen MR) is 101 cm³/mol. The standard InChI is InChI=1S/C17H33N5O5/c1-10(2)8-13(22-15(24)11(3)20-14(23)9-19)16(25)21-12(17(26)27)6-4-5-7-18/h10-13H,4-9,18-19H2,1-3H3,(H,20,23)(H,21,25)(H,22,24)(H,26,27). The SMILES string of the molecule is CC(C)CC(NC(=O)C(C)NC(=O)CN)C(=O)NC(CCCCN)C(=O)O. The van der Waals surface area contributed by atoms with E-state index >= 15 is 0 Å². The van der Waals surface area contributed by atoms with E-state index in [0.29, 0.717) is 25.8 Å². The maximum atomic E-state index is 12.5. The minimum atomic E-state index is -1.14. The molecule has 0 heterocycles. The molecule has 0 aromatic heterocycles. The molecule has 0 spiro atoms. The van der Waals surface area contributed by atoms with Crippen molar-refractivity contribution >= 4 is 23.7 Å². The monoisotopic (exact) mass is 387 g/mol. The van der Waals surface area contributed by atoms with Gasteiger partial charge in [0, 0.05) is 0 Å². The number of amides is 3. The summed E-state index contributed by atoms with van der Waals surface area (Å²) in [6.07, 6.45) is 1.80.